The highest BCUT2D eigenvalue weighted by atomic mass is 16.5. The molecule has 29 heavy (non-hydrogen) atoms. The van der Waals surface area contributed by atoms with Gasteiger partial charge in [-0.05, 0) is 43.7 Å². The molecule has 1 aromatic rings. The maximum atomic E-state index is 13.6. The molecule has 1 saturated heterocycles. The molecule has 1 aliphatic carbocycles. The van der Waals surface area contributed by atoms with Crippen LogP contribution in [0.2, 0.25) is 0 Å². The zero-order chi connectivity index (χ0) is 20.3. The Morgan fingerprint density at radius 3 is 2.72 bits per heavy atom. The normalized spacial score (nSPS) is 25.8. The monoisotopic (exact) mass is 398 g/mol. The van der Waals surface area contributed by atoms with Crippen LogP contribution in [-0.2, 0) is 9.53 Å². The minimum absolute atomic E-state index is 0.0591. The third-order valence-corrected chi connectivity index (χ3v) is 7.07. The molecule has 2 atom stereocenters. The predicted molar refractivity (Wildman–Crippen MR) is 113 cm³/mol. The molecule has 5 heteroatoms. The summed E-state index contributed by atoms with van der Waals surface area (Å²) >= 11 is 0. The van der Waals surface area contributed by atoms with Crippen LogP contribution in [-0.4, -0.2) is 48.1 Å². The van der Waals surface area contributed by atoms with Gasteiger partial charge in [-0.1, -0.05) is 50.8 Å². The number of fused-ring (bicyclic) bond motifs is 1. The van der Waals surface area contributed by atoms with Crippen molar-refractivity contribution in [1.29, 1.82) is 0 Å². The molecular weight excluding hydrogens is 364 g/mol. The Morgan fingerprint density at radius 1 is 1.21 bits per heavy atom. The molecule has 5 nitrogen and oxygen atoms in total. The number of hydrogen-bond donors (Lipinski definition) is 1. The third-order valence-electron chi connectivity index (χ3n) is 7.07. The second kappa shape index (κ2) is 8.86. The van der Waals surface area contributed by atoms with Gasteiger partial charge < -0.3 is 15.0 Å². The minimum atomic E-state index is -0.389. The molecule has 158 valence electrons. The van der Waals surface area contributed by atoms with Crippen molar-refractivity contribution in [3.05, 3.63) is 35.4 Å². The van der Waals surface area contributed by atoms with Gasteiger partial charge in [0, 0.05) is 25.3 Å². The van der Waals surface area contributed by atoms with Crippen LogP contribution in [0.15, 0.2) is 24.3 Å². The smallest absolute Gasteiger partial charge is 0.254 e. The number of amides is 2. The van der Waals surface area contributed by atoms with Gasteiger partial charge in [-0.2, -0.15) is 0 Å². The fraction of sp³-hybridized carbons (Fsp3) is 0.667. The fourth-order valence-electron chi connectivity index (χ4n) is 5.61. The largest absolute Gasteiger partial charge is 0.376 e. The Labute approximate surface area is 174 Å². The van der Waals surface area contributed by atoms with Crippen LogP contribution in [0.25, 0.3) is 0 Å². The standard InChI is InChI=1S/C24H34N2O3/c1-2-3-15-26-23(28)20-12-6-5-11-19(20)21(24(26)13-7-4-8-14-24)22(27)25-17-18-10-9-16-29-18/h5-6,11-12,18,21H,2-4,7-10,13-17H2,1H3,(H,25,27)/t18-,21-/m0/s1. The van der Waals surface area contributed by atoms with Crippen molar-refractivity contribution in [2.24, 2.45) is 0 Å². The number of ether oxygens (including phenoxy) is 1. The first-order valence-corrected chi connectivity index (χ1v) is 11.5. The molecule has 0 bridgehead atoms. The fourth-order valence-corrected chi connectivity index (χ4v) is 5.61. The lowest BCUT2D eigenvalue weighted by Crippen LogP contribution is -2.63. The van der Waals surface area contributed by atoms with Crippen LogP contribution in [0.1, 0.15) is 86.6 Å². The second-order valence-corrected chi connectivity index (χ2v) is 8.88. The number of unbranched alkanes of at least 4 members (excludes halogenated alkanes) is 1. The lowest BCUT2D eigenvalue weighted by Gasteiger charge is -2.54. The summed E-state index contributed by atoms with van der Waals surface area (Å²) in [5.41, 5.74) is 1.23. The van der Waals surface area contributed by atoms with Gasteiger partial charge in [0.1, 0.15) is 0 Å². The van der Waals surface area contributed by atoms with Crippen LogP contribution in [0, 0.1) is 0 Å². The molecule has 0 unspecified atom stereocenters. The Bertz CT molecular complexity index is 735. The van der Waals surface area contributed by atoms with Gasteiger partial charge >= 0.3 is 0 Å². The van der Waals surface area contributed by atoms with E-state index in [9.17, 15) is 9.59 Å². The summed E-state index contributed by atoms with van der Waals surface area (Å²) in [5, 5.41) is 3.20. The first-order chi connectivity index (χ1) is 14.2. The summed E-state index contributed by atoms with van der Waals surface area (Å²) in [7, 11) is 0. The topological polar surface area (TPSA) is 58.6 Å². The highest BCUT2D eigenvalue weighted by molar-refractivity contribution is 6.02. The zero-order valence-corrected chi connectivity index (χ0v) is 17.6. The van der Waals surface area contributed by atoms with E-state index in [2.05, 4.69) is 17.1 Å². The summed E-state index contributed by atoms with van der Waals surface area (Å²) in [6, 6.07) is 7.77. The third kappa shape index (κ3) is 3.81. The van der Waals surface area contributed by atoms with E-state index in [0.29, 0.717) is 12.1 Å². The molecule has 3 aliphatic rings. The predicted octanol–water partition coefficient (Wildman–Crippen LogP) is 4.02. The van der Waals surface area contributed by atoms with Gasteiger partial charge in [0.25, 0.3) is 5.91 Å². The summed E-state index contributed by atoms with van der Waals surface area (Å²) in [5.74, 6) is -0.127. The summed E-state index contributed by atoms with van der Waals surface area (Å²) in [6.07, 6.45) is 9.37. The van der Waals surface area contributed by atoms with Gasteiger partial charge in [0.05, 0.1) is 17.6 Å². The highest BCUT2D eigenvalue weighted by Gasteiger charge is 2.54. The minimum Gasteiger partial charge on any atom is -0.376 e. The van der Waals surface area contributed by atoms with Crippen LogP contribution in [0.3, 0.4) is 0 Å². The SMILES string of the molecule is CCCCN1C(=O)c2ccccc2[C@@H](C(=O)NC[C@@H]2CCCO2)C12CCCCC2. The van der Waals surface area contributed by atoms with E-state index in [4.69, 9.17) is 4.74 Å². The van der Waals surface area contributed by atoms with E-state index in [1.807, 2.05) is 24.3 Å². The molecule has 1 aromatic carbocycles. The molecular formula is C24H34N2O3. The quantitative estimate of drug-likeness (QED) is 0.787. The van der Waals surface area contributed by atoms with Crippen molar-refractivity contribution in [2.75, 3.05) is 19.7 Å². The lowest BCUT2D eigenvalue weighted by molar-refractivity contribution is -0.127. The molecule has 2 aliphatic heterocycles. The van der Waals surface area contributed by atoms with Crippen molar-refractivity contribution in [3.63, 3.8) is 0 Å². The summed E-state index contributed by atoms with van der Waals surface area (Å²) < 4.78 is 5.71. The van der Waals surface area contributed by atoms with E-state index in [1.165, 1.54) is 6.42 Å². The molecule has 0 radical (unpaired) electrons. The molecule has 1 saturated carbocycles. The number of carbonyl (C=O) groups excluding carboxylic acids is 2. The molecule has 0 aromatic heterocycles. The first-order valence-electron chi connectivity index (χ1n) is 11.5. The number of nitrogens with zero attached hydrogens (tertiary/aromatic N) is 1. The number of rotatable bonds is 6. The molecule has 2 amide bonds. The highest BCUT2D eigenvalue weighted by Crippen LogP contribution is 2.49. The molecule has 2 fully saturated rings. The van der Waals surface area contributed by atoms with Crippen molar-refractivity contribution in [2.45, 2.75) is 82.3 Å². The Hall–Kier alpha value is -1.88. The van der Waals surface area contributed by atoms with Crippen molar-refractivity contribution in [3.8, 4) is 0 Å². The average molecular weight is 399 g/mol. The van der Waals surface area contributed by atoms with E-state index in [1.54, 1.807) is 0 Å². The Kier molecular flexibility index (Phi) is 6.23. The van der Waals surface area contributed by atoms with Gasteiger partial charge in [-0.15, -0.1) is 0 Å². The molecule has 4 rings (SSSR count). The van der Waals surface area contributed by atoms with Crippen molar-refractivity contribution < 1.29 is 14.3 Å². The maximum absolute atomic E-state index is 13.6. The van der Waals surface area contributed by atoms with Crippen LogP contribution < -0.4 is 5.32 Å². The number of benzene rings is 1. The number of carbonyl (C=O) groups is 2. The van der Waals surface area contributed by atoms with Gasteiger partial charge in [-0.25, -0.2) is 0 Å². The lowest BCUT2D eigenvalue weighted by atomic mass is 9.65. The first kappa shape index (κ1) is 20.4. The van der Waals surface area contributed by atoms with Crippen LogP contribution in [0.4, 0.5) is 0 Å². The molecule has 1 spiro atoms. The van der Waals surface area contributed by atoms with Crippen LogP contribution in [0.5, 0.6) is 0 Å². The zero-order valence-electron chi connectivity index (χ0n) is 17.6. The summed E-state index contributed by atoms with van der Waals surface area (Å²) in [4.78, 5) is 29.2. The van der Waals surface area contributed by atoms with E-state index >= 15 is 0 Å². The van der Waals surface area contributed by atoms with Gasteiger partial charge in [-0.3, -0.25) is 9.59 Å². The van der Waals surface area contributed by atoms with Crippen molar-refractivity contribution in [1.82, 2.24) is 10.2 Å². The number of nitrogens with one attached hydrogen (secondary N) is 1. The van der Waals surface area contributed by atoms with E-state index in [0.717, 1.165) is 70.1 Å². The summed E-state index contributed by atoms with van der Waals surface area (Å²) in [6.45, 7) is 4.24. The Morgan fingerprint density at radius 2 is 2.00 bits per heavy atom. The van der Waals surface area contributed by atoms with Crippen LogP contribution >= 0.6 is 0 Å². The molecule has 1 N–H and O–H groups in total. The second-order valence-electron chi connectivity index (χ2n) is 8.88. The maximum Gasteiger partial charge on any atom is 0.254 e. The average Bonchev–Trinajstić information content (AvgIpc) is 3.27. The number of hydrogen-bond acceptors (Lipinski definition) is 3. The van der Waals surface area contributed by atoms with E-state index < -0.39 is 0 Å². The van der Waals surface area contributed by atoms with Gasteiger partial charge in [0.15, 0.2) is 0 Å². The van der Waals surface area contributed by atoms with E-state index in [-0.39, 0.29) is 29.4 Å². The Balaban J connectivity index is 1.70. The van der Waals surface area contributed by atoms with Crippen molar-refractivity contribution >= 4 is 11.8 Å². The van der Waals surface area contributed by atoms with Gasteiger partial charge in [0.2, 0.25) is 5.91 Å². The molecule has 2 heterocycles.